The maximum absolute atomic E-state index is 11.7. The van der Waals surface area contributed by atoms with Gasteiger partial charge in [-0.3, -0.25) is 0 Å². The van der Waals surface area contributed by atoms with E-state index in [1.165, 1.54) is 0 Å². The molecule has 5 heteroatoms. The van der Waals surface area contributed by atoms with E-state index in [0.29, 0.717) is 36.7 Å². The Morgan fingerprint density at radius 1 is 1.28 bits per heavy atom. The summed E-state index contributed by atoms with van der Waals surface area (Å²) in [5.74, 6) is 0.928. The second kappa shape index (κ2) is 8.12. The van der Waals surface area contributed by atoms with Gasteiger partial charge in [-0.1, -0.05) is 18.2 Å². The standard InChI is InChI=1S/C20H20O4S/c1-2-23-18-12-14(10-15-8-9-24-20(15)22)11-16(19(18)21)13-25-17-6-4-3-5-7-17/h3-7,10-12,21H,2,8-9,13H2,1H3/b15-10+. The van der Waals surface area contributed by atoms with Gasteiger partial charge in [0, 0.05) is 28.2 Å². The lowest BCUT2D eigenvalue weighted by Gasteiger charge is -2.12. The smallest absolute Gasteiger partial charge is 0.334 e. The molecule has 0 aliphatic carbocycles. The van der Waals surface area contributed by atoms with Crippen molar-refractivity contribution in [3.63, 3.8) is 0 Å². The topological polar surface area (TPSA) is 55.8 Å². The number of esters is 1. The molecule has 1 aliphatic heterocycles. The third-order valence-corrected chi connectivity index (χ3v) is 4.88. The highest BCUT2D eigenvalue weighted by atomic mass is 32.2. The lowest BCUT2D eigenvalue weighted by atomic mass is 10.1. The number of aromatic hydroxyl groups is 1. The molecule has 3 rings (SSSR count). The van der Waals surface area contributed by atoms with Crippen LogP contribution < -0.4 is 4.74 Å². The first-order valence-corrected chi connectivity index (χ1v) is 9.20. The van der Waals surface area contributed by atoms with Gasteiger partial charge in [-0.15, -0.1) is 11.8 Å². The van der Waals surface area contributed by atoms with Gasteiger partial charge in [0.25, 0.3) is 0 Å². The summed E-state index contributed by atoms with van der Waals surface area (Å²) < 4.78 is 10.5. The number of carbonyl (C=O) groups excluding carboxylic acids is 1. The van der Waals surface area contributed by atoms with Crippen LogP contribution in [0, 0.1) is 0 Å². The Labute approximate surface area is 151 Å². The quantitative estimate of drug-likeness (QED) is 0.472. The van der Waals surface area contributed by atoms with Crippen molar-refractivity contribution < 1.29 is 19.4 Å². The molecule has 130 valence electrons. The Morgan fingerprint density at radius 3 is 2.76 bits per heavy atom. The zero-order valence-corrected chi connectivity index (χ0v) is 14.8. The van der Waals surface area contributed by atoms with Crippen molar-refractivity contribution in [2.24, 2.45) is 0 Å². The van der Waals surface area contributed by atoms with E-state index >= 15 is 0 Å². The van der Waals surface area contributed by atoms with Gasteiger partial charge in [-0.25, -0.2) is 4.79 Å². The molecule has 1 N–H and O–H groups in total. The molecule has 0 saturated carbocycles. The van der Waals surface area contributed by atoms with E-state index in [-0.39, 0.29) is 11.7 Å². The molecule has 1 heterocycles. The van der Waals surface area contributed by atoms with Crippen LogP contribution in [0.25, 0.3) is 6.08 Å². The van der Waals surface area contributed by atoms with E-state index in [1.807, 2.05) is 49.4 Å². The molecule has 1 fully saturated rings. The first kappa shape index (κ1) is 17.4. The van der Waals surface area contributed by atoms with Gasteiger partial charge in [0.05, 0.1) is 13.2 Å². The van der Waals surface area contributed by atoms with Crippen LogP contribution in [-0.2, 0) is 15.3 Å². The maximum atomic E-state index is 11.7. The SMILES string of the molecule is CCOc1cc(/C=C2\CCOC2=O)cc(CSc2ccccc2)c1O. The Balaban J connectivity index is 1.88. The molecule has 0 atom stereocenters. The average Bonchev–Trinajstić information content (AvgIpc) is 3.02. The highest BCUT2D eigenvalue weighted by molar-refractivity contribution is 7.98. The number of thioether (sulfide) groups is 1. The molecule has 1 aliphatic rings. The number of hydrogen-bond donors (Lipinski definition) is 1. The zero-order chi connectivity index (χ0) is 17.6. The minimum atomic E-state index is -0.272. The molecule has 0 bridgehead atoms. The molecule has 0 radical (unpaired) electrons. The fraction of sp³-hybridized carbons (Fsp3) is 0.250. The molecule has 0 unspecified atom stereocenters. The maximum Gasteiger partial charge on any atom is 0.334 e. The minimum Gasteiger partial charge on any atom is -0.504 e. The fourth-order valence-electron chi connectivity index (χ4n) is 2.61. The third kappa shape index (κ3) is 4.37. The molecular formula is C20H20O4S. The van der Waals surface area contributed by atoms with Gasteiger partial charge in [0.15, 0.2) is 11.5 Å². The van der Waals surface area contributed by atoms with Gasteiger partial charge in [-0.05, 0) is 42.8 Å². The normalized spacial score (nSPS) is 15.4. The molecule has 0 amide bonds. The number of carbonyl (C=O) groups is 1. The van der Waals surface area contributed by atoms with Gasteiger partial charge < -0.3 is 14.6 Å². The number of phenols is 1. The minimum absolute atomic E-state index is 0.154. The third-order valence-electron chi connectivity index (χ3n) is 3.82. The summed E-state index contributed by atoms with van der Waals surface area (Å²) in [7, 11) is 0. The van der Waals surface area contributed by atoms with E-state index in [1.54, 1.807) is 17.8 Å². The van der Waals surface area contributed by atoms with E-state index in [2.05, 4.69) is 0 Å². The van der Waals surface area contributed by atoms with Crippen molar-refractivity contribution in [2.75, 3.05) is 13.2 Å². The van der Waals surface area contributed by atoms with Gasteiger partial charge in [0.1, 0.15) is 0 Å². The summed E-state index contributed by atoms with van der Waals surface area (Å²) >= 11 is 1.64. The number of cyclic esters (lactones) is 1. The van der Waals surface area contributed by atoms with Crippen LogP contribution in [0.4, 0.5) is 0 Å². The van der Waals surface area contributed by atoms with Crippen molar-refractivity contribution >= 4 is 23.8 Å². The summed E-state index contributed by atoms with van der Waals surface area (Å²) in [5.41, 5.74) is 2.26. The van der Waals surface area contributed by atoms with Crippen molar-refractivity contribution in [3.8, 4) is 11.5 Å². The highest BCUT2D eigenvalue weighted by Gasteiger charge is 2.19. The van der Waals surface area contributed by atoms with E-state index in [4.69, 9.17) is 9.47 Å². The van der Waals surface area contributed by atoms with Crippen LogP contribution >= 0.6 is 11.8 Å². The predicted molar refractivity (Wildman–Crippen MR) is 98.8 cm³/mol. The van der Waals surface area contributed by atoms with E-state index < -0.39 is 0 Å². The van der Waals surface area contributed by atoms with Gasteiger partial charge in [0.2, 0.25) is 0 Å². The molecule has 4 nitrogen and oxygen atoms in total. The van der Waals surface area contributed by atoms with Crippen molar-refractivity contribution in [1.29, 1.82) is 0 Å². The fourth-order valence-corrected chi connectivity index (χ4v) is 3.50. The summed E-state index contributed by atoms with van der Waals surface area (Å²) in [4.78, 5) is 12.8. The second-order valence-corrected chi connectivity index (χ2v) is 6.67. The second-order valence-electron chi connectivity index (χ2n) is 5.62. The van der Waals surface area contributed by atoms with Crippen molar-refractivity contribution in [1.82, 2.24) is 0 Å². The Hall–Kier alpha value is -2.40. The summed E-state index contributed by atoms with van der Waals surface area (Å²) in [6.45, 7) is 2.76. The molecule has 2 aromatic rings. The molecule has 0 aromatic heterocycles. The van der Waals surface area contributed by atoms with Crippen LogP contribution in [0.1, 0.15) is 24.5 Å². The lowest BCUT2D eigenvalue weighted by Crippen LogP contribution is -1.97. The number of benzene rings is 2. The zero-order valence-electron chi connectivity index (χ0n) is 14.0. The van der Waals surface area contributed by atoms with Crippen LogP contribution in [-0.4, -0.2) is 24.3 Å². The van der Waals surface area contributed by atoms with Crippen LogP contribution in [0.15, 0.2) is 52.9 Å². The molecular weight excluding hydrogens is 336 g/mol. The number of ether oxygens (including phenoxy) is 2. The summed E-state index contributed by atoms with van der Waals surface area (Å²) in [5, 5.41) is 10.5. The van der Waals surface area contributed by atoms with Crippen LogP contribution in [0.2, 0.25) is 0 Å². The molecule has 1 saturated heterocycles. The number of hydrogen-bond acceptors (Lipinski definition) is 5. The number of rotatable bonds is 6. The Bertz CT molecular complexity index is 784. The Kier molecular flexibility index (Phi) is 5.66. The van der Waals surface area contributed by atoms with Gasteiger partial charge in [-0.2, -0.15) is 0 Å². The van der Waals surface area contributed by atoms with Crippen molar-refractivity contribution in [2.45, 2.75) is 24.0 Å². The van der Waals surface area contributed by atoms with Crippen LogP contribution in [0.3, 0.4) is 0 Å². The first-order valence-electron chi connectivity index (χ1n) is 8.21. The van der Waals surface area contributed by atoms with Gasteiger partial charge >= 0.3 is 5.97 Å². The molecule has 25 heavy (non-hydrogen) atoms. The largest absolute Gasteiger partial charge is 0.504 e. The molecule has 0 spiro atoms. The average molecular weight is 356 g/mol. The monoisotopic (exact) mass is 356 g/mol. The highest BCUT2D eigenvalue weighted by Crippen LogP contribution is 2.36. The summed E-state index contributed by atoms with van der Waals surface area (Å²) in [6.07, 6.45) is 2.42. The predicted octanol–water partition coefficient (Wildman–Crippen LogP) is 4.41. The first-order chi connectivity index (χ1) is 12.2. The van der Waals surface area contributed by atoms with Crippen molar-refractivity contribution in [3.05, 3.63) is 59.2 Å². The summed E-state index contributed by atoms with van der Waals surface area (Å²) in [6, 6.07) is 13.7. The van der Waals surface area contributed by atoms with E-state index in [0.717, 1.165) is 16.0 Å². The Morgan fingerprint density at radius 2 is 2.08 bits per heavy atom. The molecule has 2 aromatic carbocycles. The number of phenolic OH excluding ortho intramolecular Hbond substituents is 1. The lowest BCUT2D eigenvalue weighted by molar-refractivity contribution is -0.134. The van der Waals surface area contributed by atoms with Crippen LogP contribution in [0.5, 0.6) is 11.5 Å². The van der Waals surface area contributed by atoms with E-state index in [9.17, 15) is 9.90 Å².